The molecule has 1 aromatic carbocycles. The molecular weight excluding hydrogens is 336 g/mol. The summed E-state index contributed by atoms with van der Waals surface area (Å²) in [7, 11) is 0. The second-order valence-corrected chi connectivity index (χ2v) is 7.43. The number of aliphatic hydroxyl groups is 1. The highest BCUT2D eigenvalue weighted by atomic mass is 79.9. The standard InChI is InChI=1S/C15H21BrN2O3/c1-14(2)6-7-15(9-17,13(14)19)8-10-4-3-5-11(12(10)16)18(20)21/h3-5,13,19H,6-9,17H2,1-2H3. The van der Waals surface area contributed by atoms with Crippen LogP contribution in [0.5, 0.6) is 0 Å². The van der Waals surface area contributed by atoms with E-state index in [2.05, 4.69) is 15.9 Å². The highest BCUT2D eigenvalue weighted by Gasteiger charge is 2.51. The van der Waals surface area contributed by atoms with Gasteiger partial charge >= 0.3 is 0 Å². The van der Waals surface area contributed by atoms with Crippen molar-refractivity contribution in [1.29, 1.82) is 0 Å². The number of hydrogen-bond acceptors (Lipinski definition) is 4. The first-order chi connectivity index (χ1) is 9.73. The third-order valence-electron chi connectivity index (χ3n) is 4.79. The summed E-state index contributed by atoms with van der Waals surface area (Å²) in [5.41, 5.74) is 6.25. The van der Waals surface area contributed by atoms with Crippen molar-refractivity contribution in [2.24, 2.45) is 16.6 Å². The summed E-state index contributed by atoms with van der Waals surface area (Å²) in [5, 5.41) is 21.7. The van der Waals surface area contributed by atoms with E-state index in [0.717, 1.165) is 18.4 Å². The Morgan fingerprint density at radius 3 is 2.62 bits per heavy atom. The van der Waals surface area contributed by atoms with Gasteiger partial charge < -0.3 is 10.8 Å². The average molecular weight is 357 g/mol. The maximum atomic E-state index is 11.0. The Morgan fingerprint density at radius 1 is 1.48 bits per heavy atom. The van der Waals surface area contributed by atoms with Crippen LogP contribution in [0.4, 0.5) is 5.69 Å². The summed E-state index contributed by atoms with van der Waals surface area (Å²) < 4.78 is 0.486. The molecule has 6 heteroatoms. The lowest BCUT2D eigenvalue weighted by Crippen LogP contribution is -2.44. The van der Waals surface area contributed by atoms with E-state index >= 15 is 0 Å². The number of nitro benzene ring substituents is 1. The molecule has 3 N–H and O–H groups in total. The van der Waals surface area contributed by atoms with Gasteiger partial charge in [0, 0.05) is 18.0 Å². The van der Waals surface area contributed by atoms with E-state index in [9.17, 15) is 15.2 Å². The third kappa shape index (κ3) is 2.84. The van der Waals surface area contributed by atoms with Crippen molar-refractivity contribution in [3.8, 4) is 0 Å². The zero-order valence-corrected chi connectivity index (χ0v) is 13.9. The van der Waals surface area contributed by atoms with Crippen molar-refractivity contribution in [2.75, 3.05) is 6.54 Å². The molecule has 0 bridgehead atoms. The Kier molecular flexibility index (Phi) is 4.42. The molecule has 1 aromatic rings. The Hall–Kier alpha value is -0.980. The van der Waals surface area contributed by atoms with Gasteiger partial charge in [0.05, 0.1) is 15.5 Å². The van der Waals surface area contributed by atoms with Crippen LogP contribution in [0.25, 0.3) is 0 Å². The summed E-state index contributed by atoms with van der Waals surface area (Å²) in [5.74, 6) is 0. The minimum atomic E-state index is -0.513. The van der Waals surface area contributed by atoms with Gasteiger partial charge in [0.15, 0.2) is 0 Å². The van der Waals surface area contributed by atoms with Crippen LogP contribution in [-0.2, 0) is 6.42 Å². The maximum Gasteiger partial charge on any atom is 0.283 e. The molecule has 0 amide bonds. The van der Waals surface area contributed by atoms with E-state index in [0.29, 0.717) is 17.4 Å². The lowest BCUT2D eigenvalue weighted by atomic mass is 9.74. The van der Waals surface area contributed by atoms with Crippen LogP contribution >= 0.6 is 15.9 Å². The molecule has 0 aromatic heterocycles. The molecule has 1 aliphatic carbocycles. The van der Waals surface area contributed by atoms with E-state index in [1.54, 1.807) is 6.07 Å². The molecule has 0 heterocycles. The van der Waals surface area contributed by atoms with E-state index in [1.165, 1.54) is 6.07 Å². The van der Waals surface area contributed by atoms with Crippen molar-refractivity contribution in [3.63, 3.8) is 0 Å². The molecular formula is C15H21BrN2O3. The summed E-state index contributed by atoms with van der Waals surface area (Å²) in [4.78, 5) is 10.6. The van der Waals surface area contributed by atoms with Crippen molar-refractivity contribution in [1.82, 2.24) is 0 Å². The molecule has 2 rings (SSSR count). The SMILES string of the molecule is CC1(C)CCC(CN)(Cc2cccc([N+](=O)[O-])c2Br)C1O. The Bertz CT molecular complexity index is 562. The fourth-order valence-corrected chi connectivity index (χ4v) is 3.92. The zero-order chi connectivity index (χ0) is 15.8. The number of halogens is 1. The molecule has 2 atom stereocenters. The Morgan fingerprint density at radius 2 is 2.14 bits per heavy atom. The molecule has 0 spiro atoms. The van der Waals surface area contributed by atoms with Gasteiger partial charge in [0.25, 0.3) is 5.69 Å². The number of hydrogen-bond donors (Lipinski definition) is 2. The van der Waals surface area contributed by atoms with Crippen molar-refractivity contribution in [3.05, 3.63) is 38.3 Å². The summed E-state index contributed by atoms with van der Waals surface area (Å²) >= 11 is 3.33. The maximum absolute atomic E-state index is 11.0. The van der Waals surface area contributed by atoms with Crippen LogP contribution in [0.2, 0.25) is 0 Å². The Labute approximate surface area is 132 Å². The van der Waals surface area contributed by atoms with Gasteiger partial charge in [-0.15, -0.1) is 0 Å². The second-order valence-electron chi connectivity index (χ2n) is 6.64. The monoisotopic (exact) mass is 356 g/mol. The highest BCUT2D eigenvalue weighted by molar-refractivity contribution is 9.10. The van der Waals surface area contributed by atoms with Gasteiger partial charge in [-0.05, 0) is 46.2 Å². The molecule has 1 fully saturated rings. The molecule has 21 heavy (non-hydrogen) atoms. The molecule has 1 aliphatic rings. The summed E-state index contributed by atoms with van der Waals surface area (Å²) in [6, 6.07) is 5.00. The van der Waals surface area contributed by atoms with Crippen LogP contribution in [0.1, 0.15) is 32.3 Å². The molecule has 116 valence electrons. The number of nitro groups is 1. The minimum absolute atomic E-state index is 0.0476. The number of benzene rings is 1. The smallest absolute Gasteiger partial charge is 0.283 e. The van der Waals surface area contributed by atoms with Gasteiger partial charge in [0.2, 0.25) is 0 Å². The average Bonchev–Trinajstić information content (AvgIpc) is 2.65. The van der Waals surface area contributed by atoms with Gasteiger partial charge in [-0.1, -0.05) is 26.0 Å². The predicted molar refractivity (Wildman–Crippen MR) is 85.0 cm³/mol. The summed E-state index contributed by atoms with van der Waals surface area (Å²) in [6.45, 7) is 4.45. The molecule has 5 nitrogen and oxygen atoms in total. The molecule has 2 unspecified atom stereocenters. The second kappa shape index (κ2) is 5.66. The first-order valence-electron chi connectivity index (χ1n) is 7.03. The lowest BCUT2D eigenvalue weighted by molar-refractivity contribution is -0.385. The molecule has 0 saturated heterocycles. The first kappa shape index (κ1) is 16.4. The number of rotatable bonds is 4. The van der Waals surface area contributed by atoms with Crippen LogP contribution in [-0.4, -0.2) is 22.7 Å². The molecule has 0 radical (unpaired) electrons. The highest BCUT2D eigenvalue weighted by Crippen LogP contribution is 2.51. The van der Waals surface area contributed by atoms with Crippen LogP contribution in [0.3, 0.4) is 0 Å². The normalized spacial score (nSPS) is 27.8. The minimum Gasteiger partial charge on any atom is -0.392 e. The first-order valence-corrected chi connectivity index (χ1v) is 7.83. The van der Waals surface area contributed by atoms with Crippen LogP contribution in [0.15, 0.2) is 22.7 Å². The largest absolute Gasteiger partial charge is 0.392 e. The summed E-state index contributed by atoms with van der Waals surface area (Å²) in [6.07, 6.45) is 1.75. The molecule has 0 aliphatic heterocycles. The molecule has 1 saturated carbocycles. The van der Waals surface area contributed by atoms with Crippen molar-refractivity contribution < 1.29 is 10.0 Å². The van der Waals surface area contributed by atoms with Crippen LogP contribution < -0.4 is 5.73 Å². The predicted octanol–water partition coefficient (Wildman–Crippen LogP) is 3.03. The van der Waals surface area contributed by atoms with Crippen LogP contribution in [0, 0.1) is 20.9 Å². The van der Waals surface area contributed by atoms with Gasteiger partial charge in [0.1, 0.15) is 0 Å². The Balaban J connectivity index is 2.37. The van der Waals surface area contributed by atoms with E-state index in [4.69, 9.17) is 5.73 Å². The van der Waals surface area contributed by atoms with Gasteiger partial charge in [-0.3, -0.25) is 10.1 Å². The van der Waals surface area contributed by atoms with E-state index < -0.39 is 16.4 Å². The fraction of sp³-hybridized carbons (Fsp3) is 0.600. The van der Waals surface area contributed by atoms with Crippen molar-refractivity contribution >= 4 is 21.6 Å². The van der Waals surface area contributed by atoms with E-state index in [1.807, 2.05) is 19.9 Å². The van der Waals surface area contributed by atoms with E-state index in [-0.39, 0.29) is 11.1 Å². The fourth-order valence-electron chi connectivity index (χ4n) is 3.37. The quantitative estimate of drug-likeness (QED) is 0.640. The third-order valence-corrected chi connectivity index (χ3v) is 5.71. The van der Waals surface area contributed by atoms with Crippen molar-refractivity contribution in [2.45, 2.75) is 39.2 Å². The van der Waals surface area contributed by atoms with Gasteiger partial charge in [-0.25, -0.2) is 0 Å². The van der Waals surface area contributed by atoms with Gasteiger partial charge in [-0.2, -0.15) is 0 Å². The number of nitrogens with two attached hydrogens (primary N) is 1. The topological polar surface area (TPSA) is 89.4 Å². The lowest BCUT2D eigenvalue weighted by Gasteiger charge is -2.36. The number of aliphatic hydroxyl groups excluding tert-OH is 1. The number of nitrogens with zero attached hydrogens (tertiary/aromatic N) is 1. The zero-order valence-electron chi connectivity index (χ0n) is 12.3.